The van der Waals surface area contributed by atoms with Crippen molar-refractivity contribution in [2.24, 2.45) is 0 Å². The maximum Gasteiger partial charge on any atom is 0.226 e. The highest BCUT2D eigenvalue weighted by molar-refractivity contribution is 7.71. The summed E-state index contributed by atoms with van der Waals surface area (Å²) in [6.45, 7) is 6.77. The molecule has 0 bridgehead atoms. The van der Waals surface area contributed by atoms with Crippen LogP contribution in [0.2, 0.25) is 0 Å². The first-order chi connectivity index (χ1) is 13.8. The quantitative estimate of drug-likeness (QED) is 0.714. The molecular weight excluding hydrogens is 372 g/mol. The van der Waals surface area contributed by atoms with Gasteiger partial charge in [0, 0.05) is 57.7 Å². The lowest BCUT2D eigenvalue weighted by atomic mass is 10.1. The van der Waals surface area contributed by atoms with Gasteiger partial charge in [0.15, 0.2) is 0 Å². The second-order valence-electron chi connectivity index (χ2n) is 8.03. The van der Waals surface area contributed by atoms with Crippen molar-refractivity contribution in [1.82, 2.24) is 29.2 Å². The van der Waals surface area contributed by atoms with Crippen molar-refractivity contribution in [3.8, 4) is 0 Å². The number of piperidine rings is 1. The number of aromatic nitrogens is 5. The third-order valence-electron chi connectivity index (χ3n) is 5.94. The second-order valence-corrected chi connectivity index (χ2v) is 8.39. The topological polar surface area (TPSA) is 58.2 Å². The van der Waals surface area contributed by atoms with Gasteiger partial charge in [-0.3, -0.25) is 9.47 Å². The van der Waals surface area contributed by atoms with E-state index in [1.54, 1.807) is 12.4 Å². The molecule has 3 aliphatic rings. The zero-order chi connectivity index (χ0) is 18.9. The van der Waals surface area contributed by atoms with Crippen LogP contribution in [0, 0.1) is 4.77 Å². The van der Waals surface area contributed by atoms with Gasteiger partial charge in [-0.1, -0.05) is 0 Å². The van der Waals surface area contributed by atoms with E-state index < -0.39 is 0 Å². The second kappa shape index (κ2) is 7.79. The van der Waals surface area contributed by atoms with Gasteiger partial charge in [0.1, 0.15) is 0 Å². The SMILES string of the molecule is S=c1n(CN2CCN(c3ncccn3)CC2)nc(N2CCCCC2)n1C1CC1. The van der Waals surface area contributed by atoms with Crippen LogP contribution in [-0.2, 0) is 6.67 Å². The molecule has 2 aromatic rings. The van der Waals surface area contributed by atoms with E-state index in [-0.39, 0.29) is 0 Å². The van der Waals surface area contributed by atoms with Gasteiger partial charge in [0.25, 0.3) is 0 Å². The number of nitrogens with zero attached hydrogens (tertiary/aromatic N) is 8. The molecule has 3 fully saturated rings. The van der Waals surface area contributed by atoms with Gasteiger partial charge in [0.05, 0.1) is 6.67 Å². The van der Waals surface area contributed by atoms with Gasteiger partial charge >= 0.3 is 0 Å². The molecule has 2 aromatic heterocycles. The van der Waals surface area contributed by atoms with Crippen molar-refractivity contribution in [3.05, 3.63) is 23.2 Å². The summed E-state index contributed by atoms with van der Waals surface area (Å²) in [4.78, 5) is 15.9. The highest BCUT2D eigenvalue weighted by atomic mass is 32.1. The normalized spacial score (nSPS) is 21.3. The van der Waals surface area contributed by atoms with E-state index >= 15 is 0 Å². The number of piperazine rings is 1. The maximum absolute atomic E-state index is 5.85. The lowest BCUT2D eigenvalue weighted by Gasteiger charge is -2.34. The Morgan fingerprint density at radius 2 is 1.61 bits per heavy atom. The van der Waals surface area contributed by atoms with Crippen LogP contribution in [0.5, 0.6) is 0 Å². The predicted molar refractivity (Wildman–Crippen MR) is 111 cm³/mol. The van der Waals surface area contributed by atoms with E-state index in [1.165, 1.54) is 32.1 Å². The van der Waals surface area contributed by atoms with E-state index in [0.717, 1.165) is 62.6 Å². The van der Waals surface area contributed by atoms with Crippen molar-refractivity contribution >= 4 is 24.1 Å². The predicted octanol–water partition coefficient (Wildman–Crippen LogP) is 2.31. The molecule has 0 atom stereocenters. The van der Waals surface area contributed by atoms with Gasteiger partial charge in [0.2, 0.25) is 16.7 Å². The van der Waals surface area contributed by atoms with Crippen LogP contribution in [0.3, 0.4) is 0 Å². The van der Waals surface area contributed by atoms with E-state index in [9.17, 15) is 0 Å². The molecule has 2 saturated heterocycles. The molecule has 0 spiro atoms. The molecule has 8 nitrogen and oxygen atoms in total. The van der Waals surface area contributed by atoms with Gasteiger partial charge in [-0.2, -0.15) is 0 Å². The van der Waals surface area contributed by atoms with Crippen LogP contribution in [0.15, 0.2) is 18.5 Å². The van der Waals surface area contributed by atoms with Crippen molar-refractivity contribution in [1.29, 1.82) is 0 Å². The molecule has 9 heteroatoms. The van der Waals surface area contributed by atoms with Crippen LogP contribution < -0.4 is 9.80 Å². The Hall–Kier alpha value is -2.00. The van der Waals surface area contributed by atoms with Crippen molar-refractivity contribution in [2.75, 3.05) is 49.1 Å². The summed E-state index contributed by atoms with van der Waals surface area (Å²) in [6.07, 6.45) is 9.92. The fourth-order valence-corrected chi connectivity index (χ4v) is 4.53. The largest absolute Gasteiger partial charge is 0.341 e. The molecule has 0 N–H and O–H groups in total. The Morgan fingerprint density at radius 3 is 2.29 bits per heavy atom. The summed E-state index contributed by atoms with van der Waals surface area (Å²) in [6, 6.07) is 2.42. The van der Waals surface area contributed by atoms with Gasteiger partial charge in [-0.25, -0.2) is 14.6 Å². The minimum absolute atomic E-state index is 0.560. The smallest absolute Gasteiger partial charge is 0.226 e. The van der Waals surface area contributed by atoms with E-state index in [2.05, 4.69) is 29.2 Å². The first kappa shape index (κ1) is 18.1. The first-order valence-corrected chi connectivity index (χ1v) is 10.9. The van der Waals surface area contributed by atoms with Crippen LogP contribution in [0.25, 0.3) is 0 Å². The molecule has 1 aliphatic carbocycles. The Morgan fingerprint density at radius 1 is 0.893 bits per heavy atom. The molecule has 4 heterocycles. The monoisotopic (exact) mass is 400 g/mol. The van der Waals surface area contributed by atoms with Crippen molar-refractivity contribution < 1.29 is 0 Å². The average Bonchev–Trinajstić information content (AvgIpc) is 3.54. The lowest BCUT2D eigenvalue weighted by Crippen LogP contribution is -2.47. The number of hydrogen-bond acceptors (Lipinski definition) is 7. The molecule has 5 rings (SSSR count). The van der Waals surface area contributed by atoms with E-state index in [4.69, 9.17) is 17.3 Å². The van der Waals surface area contributed by atoms with E-state index in [1.807, 2.05) is 10.7 Å². The Labute approximate surface area is 170 Å². The fraction of sp³-hybridized carbons (Fsp3) is 0.684. The molecule has 2 aliphatic heterocycles. The third kappa shape index (κ3) is 3.65. The molecule has 0 amide bonds. The van der Waals surface area contributed by atoms with Crippen LogP contribution in [0.1, 0.15) is 38.1 Å². The van der Waals surface area contributed by atoms with Gasteiger partial charge < -0.3 is 9.80 Å². The fourth-order valence-electron chi connectivity index (χ4n) is 4.20. The number of hydrogen-bond donors (Lipinski definition) is 0. The highest BCUT2D eigenvalue weighted by Gasteiger charge is 2.31. The molecule has 0 unspecified atom stereocenters. The highest BCUT2D eigenvalue weighted by Crippen LogP contribution is 2.38. The summed E-state index contributed by atoms with van der Waals surface area (Å²) < 4.78 is 5.26. The average molecular weight is 401 g/mol. The summed E-state index contributed by atoms with van der Waals surface area (Å²) in [5.74, 6) is 1.92. The Bertz CT molecular complexity index is 845. The van der Waals surface area contributed by atoms with Gasteiger partial charge in [-0.15, -0.1) is 5.10 Å². The minimum Gasteiger partial charge on any atom is -0.341 e. The summed E-state index contributed by atoms with van der Waals surface area (Å²) >= 11 is 5.85. The lowest BCUT2D eigenvalue weighted by molar-refractivity contribution is 0.193. The maximum atomic E-state index is 5.85. The van der Waals surface area contributed by atoms with Gasteiger partial charge in [-0.05, 0) is 50.4 Å². The summed E-state index contributed by atoms with van der Waals surface area (Å²) in [5, 5.41) is 4.99. The van der Waals surface area contributed by atoms with E-state index in [0.29, 0.717) is 6.04 Å². The molecular formula is C19H28N8S. The van der Waals surface area contributed by atoms with Crippen LogP contribution >= 0.6 is 12.2 Å². The molecule has 150 valence electrons. The summed E-state index contributed by atoms with van der Waals surface area (Å²) in [7, 11) is 0. The first-order valence-electron chi connectivity index (χ1n) is 10.5. The molecule has 0 radical (unpaired) electrons. The van der Waals surface area contributed by atoms with Crippen molar-refractivity contribution in [3.63, 3.8) is 0 Å². The zero-order valence-corrected chi connectivity index (χ0v) is 17.1. The molecule has 1 saturated carbocycles. The van der Waals surface area contributed by atoms with Crippen LogP contribution in [0.4, 0.5) is 11.9 Å². The minimum atomic E-state index is 0.560. The van der Waals surface area contributed by atoms with Crippen LogP contribution in [-0.4, -0.2) is 68.5 Å². The van der Waals surface area contributed by atoms with Crippen molar-refractivity contribution in [2.45, 2.75) is 44.8 Å². The number of rotatable bonds is 5. The molecule has 0 aromatic carbocycles. The Balaban J connectivity index is 1.29. The number of anilines is 2. The third-order valence-corrected chi connectivity index (χ3v) is 6.35. The molecule has 28 heavy (non-hydrogen) atoms. The standard InChI is InChI=1S/C19H28N8S/c28-19-26(15-23-11-13-24(14-12-23)17-20-7-4-8-21-17)22-18(27(19)16-5-6-16)25-9-2-1-3-10-25/h4,7-8,16H,1-3,5-6,9-15H2. The summed E-state index contributed by atoms with van der Waals surface area (Å²) in [5.41, 5.74) is 0. The zero-order valence-electron chi connectivity index (χ0n) is 16.3. The Kier molecular flexibility index (Phi) is 5.02.